The zero-order valence-corrected chi connectivity index (χ0v) is 27.3. The molecule has 0 radical (unpaired) electrons. The monoisotopic (exact) mass is 616 g/mol. The fourth-order valence-electron chi connectivity index (χ4n) is 4.59. The average molecular weight is 617 g/mol. The van der Waals surface area contributed by atoms with Crippen molar-refractivity contribution in [3.05, 3.63) is 0 Å². The van der Waals surface area contributed by atoms with Gasteiger partial charge in [0.2, 0.25) is 0 Å². The van der Waals surface area contributed by atoms with Gasteiger partial charge in [-0.15, -0.1) is 0 Å². The Labute approximate surface area is 254 Å². The van der Waals surface area contributed by atoms with E-state index < -0.39 is 5.54 Å². The van der Waals surface area contributed by atoms with E-state index in [1.165, 1.54) is 4.90 Å². The maximum atomic E-state index is 12.5. The van der Waals surface area contributed by atoms with E-state index in [0.717, 1.165) is 29.5 Å². The minimum atomic E-state index is -0.593. The molecule has 0 aromatic carbocycles. The number of carbonyl (C=O) groups is 2. The van der Waals surface area contributed by atoms with Gasteiger partial charge in [-0.2, -0.15) is 0 Å². The molecule has 2 aliphatic heterocycles. The van der Waals surface area contributed by atoms with Gasteiger partial charge in [-0.3, -0.25) is 9.69 Å². The van der Waals surface area contributed by atoms with Crippen LogP contribution in [-0.2, 0) is 4.79 Å². The summed E-state index contributed by atoms with van der Waals surface area (Å²) < 4.78 is 0. The highest BCUT2D eigenvalue weighted by Gasteiger charge is 2.43. The summed E-state index contributed by atoms with van der Waals surface area (Å²) in [6, 6.07) is -0.222. The van der Waals surface area contributed by atoms with Crippen molar-refractivity contribution >= 4 is 81.1 Å². The molecule has 0 spiro atoms. The van der Waals surface area contributed by atoms with Gasteiger partial charge >= 0.3 is 6.03 Å². The molecule has 39 heavy (non-hydrogen) atoms. The van der Waals surface area contributed by atoms with E-state index in [1.54, 1.807) is 4.90 Å². The molecule has 2 fully saturated rings. The first-order valence-electron chi connectivity index (χ1n) is 13.5. The van der Waals surface area contributed by atoms with E-state index in [1.807, 2.05) is 20.8 Å². The zero-order chi connectivity index (χ0) is 29.4. The molecule has 220 valence electrons. The van der Waals surface area contributed by atoms with E-state index >= 15 is 0 Å². The van der Waals surface area contributed by atoms with Crippen LogP contribution in [0.5, 0.6) is 0 Å². The van der Waals surface area contributed by atoms with Crippen LogP contribution in [-0.4, -0.2) is 115 Å². The number of imide groups is 1. The largest absolute Gasteiger partial charge is 0.363 e. The Balaban J connectivity index is 1.58. The molecule has 0 unspecified atom stereocenters. The highest BCUT2D eigenvalue weighted by Crippen LogP contribution is 2.26. The van der Waals surface area contributed by atoms with Crippen molar-refractivity contribution in [1.82, 2.24) is 40.9 Å². The predicted molar refractivity (Wildman–Crippen MR) is 173 cm³/mol. The number of hydrogen-bond donors (Lipinski definition) is 4. The Kier molecular flexibility index (Phi) is 12.5. The van der Waals surface area contributed by atoms with Crippen LogP contribution in [0, 0.1) is 0 Å². The van der Waals surface area contributed by atoms with E-state index in [-0.39, 0.29) is 24.0 Å². The van der Waals surface area contributed by atoms with Gasteiger partial charge in [-0.1, -0.05) is 12.2 Å². The Morgan fingerprint density at radius 1 is 0.744 bits per heavy atom. The molecule has 2 heterocycles. The fraction of sp³-hybridized carbons (Fsp3) is 0.760. The van der Waals surface area contributed by atoms with Gasteiger partial charge in [0.15, 0.2) is 15.3 Å². The summed E-state index contributed by atoms with van der Waals surface area (Å²) in [4.78, 5) is 32.8. The van der Waals surface area contributed by atoms with Gasteiger partial charge in [0.25, 0.3) is 5.91 Å². The van der Waals surface area contributed by atoms with Gasteiger partial charge in [0, 0.05) is 50.3 Å². The third-order valence-electron chi connectivity index (χ3n) is 7.02. The van der Waals surface area contributed by atoms with Crippen molar-refractivity contribution < 1.29 is 9.59 Å². The van der Waals surface area contributed by atoms with Gasteiger partial charge in [-0.25, -0.2) is 4.79 Å². The number of thiocarbonyl (C=S) groups is 4. The van der Waals surface area contributed by atoms with Crippen LogP contribution in [0.25, 0.3) is 0 Å². The standard InChI is InChI=1S/C25H44N8O2S4/c1-7-30-16-18(34)32(22(30)35)24(3,4)10-14-28-20(37)26-12-9-13-27-21(38)29-15-11-25(5,6)33-19(36)17-31(8-2)23(33)39/h7-17H2,1-6H3,(H2,26,28,37)(H2,27,29,38). The molecule has 3 amide bonds. The Morgan fingerprint density at radius 2 is 1.21 bits per heavy atom. The molecule has 0 aromatic heterocycles. The third kappa shape index (κ3) is 9.05. The fourth-order valence-corrected chi connectivity index (χ4v) is 6.10. The molecule has 0 bridgehead atoms. The van der Waals surface area contributed by atoms with Crippen LogP contribution in [0.1, 0.15) is 60.8 Å². The van der Waals surface area contributed by atoms with Gasteiger partial charge < -0.3 is 36.0 Å². The molecule has 14 heteroatoms. The molecule has 0 atom stereocenters. The van der Waals surface area contributed by atoms with Crippen molar-refractivity contribution in [2.24, 2.45) is 0 Å². The summed E-state index contributed by atoms with van der Waals surface area (Å²) in [6.07, 6.45) is 2.25. The molecule has 4 N–H and O–H groups in total. The number of rotatable bonds is 14. The van der Waals surface area contributed by atoms with E-state index in [0.29, 0.717) is 55.9 Å². The van der Waals surface area contributed by atoms with Crippen molar-refractivity contribution in [1.29, 1.82) is 0 Å². The van der Waals surface area contributed by atoms with Crippen LogP contribution in [0.3, 0.4) is 0 Å². The minimum Gasteiger partial charge on any atom is -0.363 e. The second-order valence-electron chi connectivity index (χ2n) is 10.9. The summed E-state index contributed by atoms with van der Waals surface area (Å²) in [5.74, 6) is -0.153. The molecular formula is C25H44N8O2S4. The number of urea groups is 1. The normalized spacial score (nSPS) is 16.4. The summed E-state index contributed by atoms with van der Waals surface area (Å²) in [5, 5.41) is 14.8. The number of hydrogen-bond acceptors (Lipinski definition) is 6. The first kappa shape index (κ1) is 33.3. The first-order chi connectivity index (χ1) is 18.2. The van der Waals surface area contributed by atoms with E-state index in [4.69, 9.17) is 48.9 Å². The van der Waals surface area contributed by atoms with Crippen molar-refractivity contribution in [2.75, 3.05) is 52.4 Å². The van der Waals surface area contributed by atoms with Crippen LogP contribution in [0.2, 0.25) is 0 Å². The lowest BCUT2D eigenvalue weighted by atomic mass is 9.98. The second kappa shape index (κ2) is 14.6. The zero-order valence-electron chi connectivity index (χ0n) is 24.0. The highest BCUT2D eigenvalue weighted by molar-refractivity contribution is 7.82. The van der Waals surface area contributed by atoms with Gasteiger partial charge in [-0.05, 0) is 97.5 Å². The smallest absolute Gasteiger partial charge is 0.327 e. The lowest BCUT2D eigenvalue weighted by Crippen LogP contribution is -2.50. The summed E-state index contributed by atoms with van der Waals surface area (Å²) in [5.41, 5.74) is -0.789. The molecule has 2 saturated heterocycles. The molecule has 10 nitrogen and oxygen atoms in total. The van der Waals surface area contributed by atoms with Crippen molar-refractivity contribution in [3.8, 4) is 0 Å². The summed E-state index contributed by atoms with van der Waals surface area (Å²) in [7, 11) is 0. The summed E-state index contributed by atoms with van der Waals surface area (Å²) >= 11 is 22.0. The Bertz CT molecular complexity index is 884. The van der Waals surface area contributed by atoms with E-state index in [9.17, 15) is 9.59 Å². The van der Waals surface area contributed by atoms with Crippen LogP contribution < -0.4 is 21.3 Å². The topological polar surface area (TPSA) is 95.2 Å². The molecule has 2 rings (SSSR count). The Morgan fingerprint density at radius 3 is 1.64 bits per heavy atom. The quantitative estimate of drug-likeness (QED) is 0.131. The number of nitrogens with zero attached hydrogens (tertiary/aromatic N) is 4. The van der Waals surface area contributed by atoms with E-state index in [2.05, 4.69) is 51.8 Å². The lowest BCUT2D eigenvalue weighted by molar-refractivity contribution is -0.128. The van der Waals surface area contributed by atoms with Crippen LogP contribution in [0.15, 0.2) is 0 Å². The Hall–Kier alpha value is -1.90. The second-order valence-corrected chi connectivity index (χ2v) is 12.5. The molecule has 0 saturated carbocycles. The number of carbonyl (C=O) groups excluding carboxylic acids is 2. The maximum absolute atomic E-state index is 12.5. The predicted octanol–water partition coefficient (Wildman–Crippen LogP) is 2.18. The van der Waals surface area contributed by atoms with Crippen molar-refractivity contribution in [3.63, 3.8) is 0 Å². The number of likely N-dealkylation sites (N-methyl/N-ethyl adjacent to an activating group) is 2. The molecule has 2 aliphatic rings. The minimum absolute atomic E-state index is 0.150. The average Bonchev–Trinajstić information content (AvgIpc) is 3.32. The third-order valence-corrected chi connectivity index (χ3v) is 8.35. The van der Waals surface area contributed by atoms with Gasteiger partial charge in [0.05, 0.1) is 6.54 Å². The molecule has 0 aromatic rings. The first-order valence-corrected chi connectivity index (χ1v) is 15.2. The highest BCUT2D eigenvalue weighted by atomic mass is 32.1. The number of nitrogens with one attached hydrogen (secondary N) is 4. The molecule has 0 aliphatic carbocycles. The number of amides is 3. The summed E-state index contributed by atoms with van der Waals surface area (Å²) in [6.45, 7) is 17.0. The van der Waals surface area contributed by atoms with Crippen LogP contribution >= 0.6 is 48.9 Å². The van der Waals surface area contributed by atoms with Gasteiger partial charge in [0.1, 0.15) is 11.5 Å². The SMILES string of the molecule is CCN1CC(=O)N(C(C)(C)CCNC(=S)NCCCNC(=S)NCCC(C)(C)N2C(=S)CN(CC)C2=S)C1=O. The van der Waals surface area contributed by atoms with Crippen LogP contribution in [0.4, 0.5) is 4.79 Å². The molecular weight excluding hydrogens is 573 g/mol. The van der Waals surface area contributed by atoms with Crippen molar-refractivity contribution in [2.45, 2.75) is 71.9 Å². The maximum Gasteiger partial charge on any atom is 0.327 e. The lowest BCUT2D eigenvalue weighted by Gasteiger charge is -2.37.